The Morgan fingerprint density at radius 1 is 1.19 bits per heavy atom. The Hall–Kier alpha value is -2.38. The summed E-state index contributed by atoms with van der Waals surface area (Å²) >= 11 is 0. The molecule has 1 amide bonds. The van der Waals surface area contributed by atoms with E-state index < -0.39 is 23.8 Å². The number of carbonyl (C=O) groups excluding carboxylic acids is 1. The highest BCUT2D eigenvalue weighted by Gasteiger charge is 2.30. The van der Waals surface area contributed by atoms with E-state index in [4.69, 9.17) is 9.84 Å². The highest BCUT2D eigenvalue weighted by molar-refractivity contribution is 5.94. The van der Waals surface area contributed by atoms with Crippen molar-refractivity contribution in [3.8, 4) is 0 Å². The van der Waals surface area contributed by atoms with E-state index >= 15 is 0 Å². The highest BCUT2D eigenvalue weighted by atomic mass is 19.4. The van der Waals surface area contributed by atoms with Crippen LogP contribution in [-0.2, 0) is 10.9 Å². The van der Waals surface area contributed by atoms with E-state index in [0.29, 0.717) is 0 Å². The average Bonchev–Trinajstić information content (AvgIpc) is 2.62. The second-order valence-corrected chi connectivity index (χ2v) is 5.78. The number of benzene rings is 2. The molecule has 0 bridgehead atoms. The molecule has 0 aliphatic rings. The number of carbonyl (C=O) groups is 1. The zero-order valence-electron chi connectivity index (χ0n) is 14.2. The maximum Gasteiger partial charge on any atom is 0.416 e. The lowest BCUT2D eigenvalue weighted by atomic mass is 10.1. The molecule has 0 saturated carbocycles. The van der Waals surface area contributed by atoms with E-state index in [0.717, 1.165) is 23.3 Å². The van der Waals surface area contributed by atoms with E-state index in [2.05, 4.69) is 5.32 Å². The Kier molecular flexibility index (Phi) is 6.76. The maximum absolute atomic E-state index is 12.8. The molecule has 2 aromatic rings. The molecule has 2 N–H and O–H groups in total. The number of ether oxygens (including phenoxy) is 1. The molecule has 1 atom stereocenters. The van der Waals surface area contributed by atoms with Gasteiger partial charge in [-0.05, 0) is 30.7 Å². The first-order valence-corrected chi connectivity index (χ1v) is 8.05. The van der Waals surface area contributed by atoms with Crippen LogP contribution >= 0.6 is 0 Å². The fourth-order valence-electron chi connectivity index (χ4n) is 2.37. The summed E-state index contributed by atoms with van der Waals surface area (Å²) in [5.41, 5.74) is 0.900. The lowest BCUT2D eigenvalue weighted by Crippen LogP contribution is -2.30. The number of nitrogens with one attached hydrogen (secondary N) is 1. The Morgan fingerprint density at radius 3 is 2.50 bits per heavy atom. The Balaban J connectivity index is 2.08. The molecule has 0 fully saturated rings. The predicted octanol–water partition coefficient (Wildman–Crippen LogP) is 3.49. The van der Waals surface area contributed by atoms with Crippen molar-refractivity contribution in [1.29, 1.82) is 0 Å². The largest absolute Gasteiger partial charge is 0.416 e. The number of aryl methyl sites for hydroxylation is 1. The summed E-state index contributed by atoms with van der Waals surface area (Å²) in [6, 6.07) is 11.7. The third-order valence-corrected chi connectivity index (χ3v) is 3.76. The van der Waals surface area contributed by atoms with Gasteiger partial charge in [0.25, 0.3) is 5.91 Å². The second kappa shape index (κ2) is 8.82. The van der Waals surface area contributed by atoms with E-state index in [1.165, 1.54) is 12.1 Å². The van der Waals surface area contributed by atoms with Gasteiger partial charge in [0, 0.05) is 12.1 Å². The summed E-state index contributed by atoms with van der Waals surface area (Å²) in [5.74, 6) is -0.624. The Bertz CT molecular complexity index is 730. The fraction of sp³-hybridized carbons (Fsp3) is 0.316. The first-order valence-electron chi connectivity index (χ1n) is 8.05. The van der Waals surface area contributed by atoms with Gasteiger partial charge in [-0.25, -0.2) is 0 Å². The number of rotatable bonds is 7. The SMILES string of the molecule is Cc1ccc([C@@H](CNC(=O)c2cccc(C(F)(F)F)c2)OCCO)cc1. The number of hydrogen-bond acceptors (Lipinski definition) is 3. The molecule has 0 aliphatic heterocycles. The standard InChI is InChI=1S/C19H20F3NO3/c1-13-5-7-14(8-6-13)17(26-10-9-24)12-23-18(25)15-3-2-4-16(11-15)19(20,21)22/h2-8,11,17,24H,9-10,12H2,1H3,(H,23,25)/t17-/m1/s1. The van der Waals surface area contributed by atoms with Gasteiger partial charge in [-0.1, -0.05) is 35.9 Å². The van der Waals surface area contributed by atoms with Crippen molar-refractivity contribution in [2.75, 3.05) is 19.8 Å². The van der Waals surface area contributed by atoms with Gasteiger partial charge in [0.1, 0.15) is 0 Å². The molecule has 0 unspecified atom stereocenters. The van der Waals surface area contributed by atoms with Crippen LogP contribution in [0.3, 0.4) is 0 Å². The average molecular weight is 367 g/mol. The van der Waals surface area contributed by atoms with Crippen LogP contribution in [-0.4, -0.2) is 30.8 Å². The molecule has 0 aliphatic carbocycles. The molecule has 140 valence electrons. The zero-order chi connectivity index (χ0) is 19.2. The van der Waals surface area contributed by atoms with Crippen LogP contribution in [0, 0.1) is 6.92 Å². The van der Waals surface area contributed by atoms with E-state index in [1.54, 1.807) is 0 Å². The minimum absolute atomic E-state index is 0.0676. The lowest BCUT2D eigenvalue weighted by Gasteiger charge is -2.19. The van der Waals surface area contributed by atoms with Crippen LogP contribution in [0.2, 0.25) is 0 Å². The first kappa shape index (κ1) is 19.9. The first-order chi connectivity index (χ1) is 12.3. The Labute approximate surface area is 149 Å². The number of aliphatic hydroxyl groups excluding tert-OH is 1. The number of alkyl halides is 3. The molecule has 2 aromatic carbocycles. The van der Waals surface area contributed by atoms with Crippen molar-refractivity contribution in [3.05, 3.63) is 70.8 Å². The van der Waals surface area contributed by atoms with Crippen molar-refractivity contribution < 1.29 is 27.8 Å². The molecule has 26 heavy (non-hydrogen) atoms. The monoisotopic (exact) mass is 367 g/mol. The van der Waals surface area contributed by atoms with Crippen LogP contribution in [0.25, 0.3) is 0 Å². The minimum Gasteiger partial charge on any atom is -0.394 e. The molecule has 0 radical (unpaired) electrons. The van der Waals surface area contributed by atoms with Crippen molar-refractivity contribution in [3.63, 3.8) is 0 Å². The molecular weight excluding hydrogens is 347 g/mol. The molecule has 0 saturated heterocycles. The molecular formula is C19H20F3NO3. The third kappa shape index (κ3) is 5.57. The van der Waals surface area contributed by atoms with Crippen molar-refractivity contribution in [2.45, 2.75) is 19.2 Å². The van der Waals surface area contributed by atoms with Crippen LogP contribution in [0.15, 0.2) is 48.5 Å². The van der Waals surface area contributed by atoms with E-state index in [-0.39, 0.29) is 25.3 Å². The van der Waals surface area contributed by atoms with Gasteiger partial charge >= 0.3 is 6.18 Å². The Morgan fingerprint density at radius 2 is 1.88 bits per heavy atom. The number of amides is 1. The molecule has 2 rings (SSSR count). The molecule has 0 aromatic heterocycles. The van der Waals surface area contributed by atoms with E-state index in [1.807, 2.05) is 31.2 Å². The summed E-state index contributed by atoms with van der Waals surface area (Å²) < 4.78 is 43.8. The zero-order valence-corrected chi connectivity index (χ0v) is 14.2. The van der Waals surface area contributed by atoms with Crippen molar-refractivity contribution in [1.82, 2.24) is 5.32 Å². The van der Waals surface area contributed by atoms with Gasteiger partial charge in [-0.3, -0.25) is 4.79 Å². The molecule has 7 heteroatoms. The van der Waals surface area contributed by atoms with Gasteiger partial charge in [0.2, 0.25) is 0 Å². The highest BCUT2D eigenvalue weighted by Crippen LogP contribution is 2.29. The van der Waals surface area contributed by atoms with Crippen molar-refractivity contribution >= 4 is 5.91 Å². The summed E-state index contributed by atoms with van der Waals surface area (Å²) in [6.07, 6.45) is -5.03. The van der Waals surface area contributed by atoms with Crippen molar-refractivity contribution in [2.24, 2.45) is 0 Å². The smallest absolute Gasteiger partial charge is 0.394 e. The summed E-state index contributed by atoms with van der Waals surface area (Å²) in [5, 5.41) is 11.5. The molecule has 0 spiro atoms. The fourth-order valence-corrected chi connectivity index (χ4v) is 2.37. The van der Waals surface area contributed by atoms with Gasteiger partial charge in [-0.15, -0.1) is 0 Å². The summed E-state index contributed by atoms with van der Waals surface area (Å²) in [7, 11) is 0. The topological polar surface area (TPSA) is 58.6 Å². The van der Waals surface area contributed by atoms with Crippen LogP contribution in [0.5, 0.6) is 0 Å². The third-order valence-electron chi connectivity index (χ3n) is 3.76. The predicted molar refractivity (Wildman–Crippen MR) is 90.7 cm³/mol. The summed E-state index contributed by atoms with van der Waals surface area (Å²) in [4.78, 5) is 12.2. The number of hydrogen-bond donors (Lipinski definition) is 2. The van der Waals surface area contributed by atoms with Gasteiger partial charge < -0.3 is 15.2 Å². The molecule has 0 heterocycles. The summed E-state index contributed by atoms with van der Waals surface area (Å²) in [6.45, 7) is 1.91. The minimum atomic E-state index is -4.51. The van der Waals surface area contributed by atoms with Crippen LogP contribution in [0.4, 0.5) is 13.2 Å². The number of halogens is 3. The second-order valence-electron chi connectivity index (χ2n) is 5.78. The normalized spacial score (nSPS) is 12.7. The van der Waals surface area contributed by atoms with E-state index in [9.17, 15) is 18.0 Å². The van der Waals surface area contributed by atoms with Gasteiger partial charge in [0.15, 0.2) is 0 Å². The lowest BCUT2D eigenvalue weighted by molar-refractivity contribution is -0.137. The van der Waals surface area contributed by atoms with Gasteiger partial charge in [-0.2, -0.15) is 13.2 Å². The quantitative estimate of drug-likeness (QED) is 0.788. The van der Waals surface area contributed by atoms with Crippen LogP contribution < -0.4 is 5.32 Å². The number of aliphatic hydroxyl groups is 1. The maximum atomic E-state index is 12.8. The van der Waals surface area contributed by atoms with Gasteiger partial charge in [0.05, 0.1) is 24.9 Å². The molecule has 4 nitrogen and oxygen atoms in total. The van der Waals surface area contributed by atoms with Crippen LogP contribution in [0.1, 0.15) is 33.2 Å².